The maximum atomic E-state index is 14.1. The number of imidazole rings is 1. The van der Waals surface area contributed by atoms with Gasteiger partial charge in [-0.05, 0) is 69.3 Å². The van der Waals surface area contributed by atoms with Gasteiger partial charge in [0.25, 0.3) is 0 Å². The van der Waals surface area contributed by atoms with Gasteiger partial charge in [0.1, 0.15) is 11.9 Å². The minimum Gasteiger partial charge on any atom is -0.453 e. The summed E-state index contributed by atoms with van der Waals surface area (Å²) in [5.41, 5.74) is 1.93. The van der Waals surface area contributed by atoms with Crippen molar-refractivity contribution in [2.75, 3.05) is 7.11 Å². The second-order valence-electron chi connectivity index (χ2n) is 13.4. The van der Waals surface area contributed by atoms with Crippen molar-refractivity contribution in [2.24, 2.45) is 11.8 Å². The molecular formula is C32H45BN4O5. The van der Waals surface area contributed by atoms with E-state index < -0.39 is 30.5 Å². The maximum Gasteiger partial charge on any atom is 0.494 e. The molecule has 2 N–H and O–H groups in total. The fourth-order valence-corrected chi connectivity index (χ4v) is 6.23. The van der Waals surface area contributed by atoms with Crippen LogP contribution in [0, 0.1) is 11.8 Å². The third-order valence-corrected chi connectivity index (χ3v) is 9.53. The summed E-state index contributed by atoms with van der Waals surface area (Å²) in [6.45, 7) is 14.6. The summed E-state index contributed by atoms with van der Waals surface area (Å²) in [5, 5.41) is 4.84. The summed E-state index contributed by atoms with van der Waals surface area (Å²) in [5.74, 6) is 0.869. The number of H-pyrrole nitrogens is 1. The Morgan fingerprint density at radius 1 is 1.12 bits per heavy atom. The van der Waals surface area contributed by atoms with E-state index in [1.165, 1.54) is 7.11 Å². The lowest BCUT2D eigenvalue weighted by molar-refractivity contribution is -0.139. The number of hydrogen-bond acceptors (Lipinski definition) is 6. The number of aromatic nitrogens is 2. The highest BCUT2D eigenvalue weighted by Gasteiger charge is 2.51. The van der Waals surface area contributed by atoms with Crippen LogP contribution in [0.25, 0.3) is 21.8 Å². The first-order chi connectivity index (χ1) is 19.8. The van der Waals surface area contributed by atoms with Gasteiger partial charge in [-0.25, -0.2) is 9.78 Å². The zero-order valence-electron chi connectivity index (χ0n) is 26.2. The second kappa shape index (κ2) is 11.5. The van der Waals surface area contributed by atoms with E-state index in [-0.39, 0.29) is 17.9 Å². The van der Waals surface area contributed by atoms with Gasteiger partial charge < -0.3 is 29.2 Å². The molecule has 1 aliphatic carbocycles. The Hall–Kier alpha value is -3.11. The standard InChI is InChI=1S/C32H45BN4O5/c1-19(2)27(36-30(39)40-8)29(38)37(25-12-10-9-11-20(25)3)18-26-34-24-16-13-21-17-22(14-15-23(21)28(24)35-26)33-41-31(4,5)32(6,7)42-33/h13-17,19-20,25,27H,9-12,18H2,1-8H3,(H,34,35)(H,36,39)/t20-,25+,27+/m1/s1. The van der Waals surface area contributed by atoms with Crippen molar-refractivity contribution in [3.05, 3.63) is 36.2 Å². The average Bonchev–Trinajstić information content (AvgIpc) is 3.46. The molecule has 1 saturated heterocycles. The summed E-state index contributed by atoms with van der Waals surface area (Å²) in [6, 6.07) is 9.72. The van der Waals surface area contributed by atoms with Gasteiger partial charge in [0.15, 0.2) is 0 Å². The number of amides is 2. The van der Waals surface area contributed by atoms with E-state index in [9.17, 15) is 9.59 Å². The number of fused-ring (bicyclic) bond motifs is 3. The highest BCUT2D eigenvalue weighted by molar-refractivity contribution is 6.62. The molecule has 0 unspecified atom stereocenters. The Bertz CT molecular complexity index is 1450. The molecule has 0 spiro atoms. The van der Waals surface area contributed by atoms with Crippen molar-refractivity contribution in [1.82, 2.24) is 20.2 Å². The number of methoxy groups -OCH3 is 1. The van der Waals surface area contributed by atoms with E-state index in [0.717, 1.165) is 58.8 Å². The highest BCUT2D eigenvalue weighted by atomic mass is 16.7. The lowest BCUT2D eigenvalue weighted by Gasteiger charge is -2.40. The molecule has 2 heterocycles. The first kappa shape index (κ1) is 30.4. The molecule has 1 aromatic heterocycles. The Balaban J connectivity index is 1.46. The van der Waals surface area contributed by atoms with E-state index in [0.29, 0.717) is 12.5 Å². The molecule has 2 aromatic carbocycles. The minimum atomic E-state index is -0.690. The molecule has 226 valence electrons. The van der Waals surface area contributed by atoms with Crippen molar-refractivity contribution in [2.45, 2.75) is 104 Å². The molecule has 3 atom stereocenters. The molecule has 1 aliphatic heterocycles. The van der Waals surface area contributed by atoms with Gasteiger partial charge in [-0.1, -0.05) is 57.9 Å². The van der Waals surface area contributed by atoms with E-state index >= 15 is 0 Å². The van der Waals surface area contributed by atoms with Crippen LogP contribution in [0.3, 0.4) is 0 Å². The summed E-state index contributed by atoms with van der Waals surface area (Å²) in [7, 11) is 0.879. The fourth-order valence-electron chi connectivity index (χ4n) is 6.23. The SMILES string of the molecule is COC(=O)N[C@H](C(=O)N(Cc1nc2c(ccc3cc(B4OC(C)(C)C(C)(C)O4)ccc32)[nH]1)[C@H]1CCCC[C@H]1C)C(C)C. The predicted octanol–water partition coefficient (Wildman–Crippen LogP) is 5.30. The van der Waals surface area contributed by atoms with Crippen LogP contribution in [-0.2, 0) is 25.4 Å². The molecule has 10 heteroatoms. The predicted molar refractivity (Wildman–Crippen MR) is 165 cm³/mol. The third kappa shape index (κ3) is 5.75. The molecule has 2 amide bonds. The van der Waals surface area contributed by atoms with Crippen LogP contribution in [0.1, 0.15) is 80.0 Å². The van der Waals surface area contributed by atoms with Crippen LogP contribution in [0.15, 0.2) is 30.3 Å². The highest BCUT2D eigenvalue weighted by Crippen LogP contribution is 2.37. The number of hydrogen-bond donors (Lipinski definition) is 2. The van der Waals surface area contributed by atoms with Crippen LogP contribution in [0.4, 0.5) is 4.79 Å². The van der Waals surface area contributed by atoms with Crippen LogP contribution < -0.4 is 10.8 Å². The third-order valence-electron chi connectivity index (χ3n) is 9.53. The number of nitrogens with zero attached hydrogens (tertiary/aromatic N) is 2. The topological polar surface area (TPSA) is 106 Å². The number of aromatic amines is 1. The van der Waals surface area contributed by atoms with Crippen molar-refractivity contribution in [3.63, 3.8) is 0 Å². The Labute approximate surface area is 249 Å². The summed E-state index contributed by atoms with van der Waals surface area (Å²) in [6.07, 6.45) is 3.64. The monoisotopic (exact) mass is 576 g/mol. The van der Waals surface area contributed by atoms with Crippen molar-refractivity contribution in [3.8, 4) is 0 Å². The number of carbonyl (C=O) groups excluding carboxylic acids is 2. The van der Waals surface area contributed by atoms with Crippen LogP contribution in [0.2, 0.25) is 0 Å². The first-order valence-corrected chi connectivity index (χ1v) is 15.2. The lowest BCUT2D eigenvalue weighted by atomic mass is 9.78. The Morgan fingerprint density at radius 2 is 1.81 bits per heavy atom. The molecule has 5 rings (SSSR count). The molecule has 2 fully saturated rings. The van der Waals surface area contributed by atoms with Crippen molar-refractivity contribution < 1.29 is 23.6 Å². The number of carbonyl (C=O) groups is 2. The number of rotatable bonds is 7. The Kier molecular flexibility index (Phi) is 8.33. The van der Waals surface area contributed by atoms with Gasteiger partial charge in [0.05, 0.1) is 35.9 Å². The van der Waals surface area contributed by atoms with Gasteiger partial charge in [-0.2, -0.15) is 0 Å². The molecule has 1 saturated carbocycles. The largest absolute Gasteiger partial charge is 0.494 e. The molecule has 3 aromatic rings. The molecule has 2 aliphatic rings. The van der Waals surface area contributed by atoms with E-state index in [1.807, 2.05) is 30.9 Å². The number of benzene rings is 2. The van der Waals surface area contributed by atoms with Crippen LogP contribution >= 0.6 is 0 Å². The zero-order valence-corrected chi connectivity index (χ0v) is 26.2. The first-order valence-electron chi connectivity index (χ1n) is 15.2. The lowest BCUT2D eigenvalue weighted by Crippen LogP contribution is -2.55. The Morgan fingerprint density at radius 3 is 2.45 bits per heavy atom. The van der Waals surface area contributed by atoms with E-state index in [4.69, 9.17) is 19.0 Å². The summed E-state index contributed by atoms with van der Waals surface area (Å²) < 4.78 is 17.4. The average molecular weight is 577 g/mol. The van der Waals surface area contributed by atoms with Crippen molar-refractivity contribution >= 4 is 46.4 Å². The van der Waals surface area contributed by atoms with Gasteiger partial charge in [0, 0.05) is 11.4 Å². The van der Waals surface area contributed by atoms with E-state index in [2.05, 4.69) is 63.1 Å². The van der Waals surface area contributed by atoms with Crippen LogP contribution in [-0.4, -0.2) is 64.4 Å². The summed E-state index contributed by atoms with van der Waals surface area (Å²) in [4.78, 5) is 36.6. The van der Waals surface area contributed by atoms with Gasteiger partial charge in [0.2, 0.25) is 5.91 Å². The van der Waals surface area contributed by atoms with Gasteiger partial charge in [-0.15, -0.1) is 0 Å². The van der Waals surface area contributed by atoms with Gasteiger partial charge in [-0.3, -0.25) is 4.79 Å². The smallest absolute Gasteiger partial charge is 0.453 e. The minimum absolute atomic E-state index is 0.0689. The quantitative estimate of drug-likeness (QED) is 0.370. The van der Waals surface area contributed by atoms with E-state index in [1.54, 1.807) is 0 Å². The second-order valence-corrected chi connectivity index (χ2v) is 13.4. The molecular weight excluding hydrogens is 531 g/mol. The molecule has 42 heavy (non-hydrogen) atoms. The van der Waals surface area contributed by atoms with Crippen molar-refractivity contribution in [1.29, 1.82) is 0 Å². The molecule has 0 bridgehead atoms. The fraction of sp³-hybridized carbons (Fsp3) is 0.594. The number of nitrogens with one attached hydrogen (secondary N) is 2. The van der Waals surface area contributed by atoms with Crippen LogP contribution in [0.5, 0.6) is 0 Å². The molecule has 9 nitrogen and oxygen atoms in total. The normalized spacial score (nSPS) is 22.5. The zero-order chi connectivity index (χ0) is 30.4. The number of alkyl carbamates (subject to hydrolysis) is 1. The molecule has 0 radical (unpaired) electrons. The maximum absolute atomic E-state index is 14.1. The summed E-state index contributed by atoms with van der Waals surface area (Å²) >= 11 is 0. The van der Waals surface area contributed by atoms with Gasteiger partial charge >= 0.3 is 13.2 Å². The number of ether oxygens (including phenoxy) is 1.